The van der Waals surface area contributed by atoms with E-state index in [0.717, 1.165) is 24.5 Å². The molecule has 1 aromatic carbocycles. The summed E-state index contributed by atoms with van der Waals surface area (Å²) in [4.78, 5) is 6.02. The fourth-order valence-corrected chi connectivity index (χ4v) is 4.72. The summed E-state index contributed by atoms with van der Waals surface area (Å²) in [5.74, 6) is -1.81. The summed E-state index contributed by atoms with van der Waals surface area (Å²) in [6.07, 6.45) is -6.22. The van der Waals surface area contributed by atoms with Crippen molar-refractivity contribution in [3.05, 3.63) is 52.4 Å². The second-order valence-corrected chi connectivity index (χ2v) is 7.70. The molecule has 0 bridgehead atoms. The topological polar surface area (TPSA) is 83.4 Å². The quantitative estimate of drug-likeness (QED) is 0.729. The van der Waals surface area contributed by atoms with Gasteiger partial charge in [-0.15, -0.1) is 0 Å². The van der Waals surface area contributed by atoms with E-state index < -0.39 is 67.5 Å². The van der Waals surface area contributed by atoms with Crippen molar-refractivity contribution >= 4 is 38.1 Å². The molecule has 0 fully saturated rings. The first-order chi connectivity index (χ1) is 13.0. The first-order valence-electron chi connectivity index (χ1n) is 7.38. The van der Waals surface area contributed by atoms with E-state index in [0.29, 0.717) is 6.07 Å². The van der Waals surface area contributed by atoms with Crippen LogP contribution in [0.3, 0.4) is 0 Å². The molecule has 0 saturated carbocycles. The minimum Gasteiger partial charge on any atom is -0.504 e. The highest BCUT2D eigenvalue weighted by Gasteiger charge is 2.45. The number of rotatable bonds is 3. The van der Waals surface area contributed by atoms with E-state index in [9.17, 15) is 35.5 Å². The summed E-state index contributed by atoms with van der Waals surface area (Å²) in [5, 5.41) is 9.79. The molecule has 1 aliphatic rings. The number of fused-ring (bicyclic) bond motifs is 1. The van der Waals surface area contributed by atoms with Gasteiger partial charge >= 0.3 is 6.18 Å². The number of halogens is 6. The third kappa shape index (κ3) is 3.26. The molecule has 0 saturated heterocycles. The Kier molecular flexibility index (Phi) is 4.96. The zero-order valence-corrected chi connectivity index (χ0v) is 15.0. The molecule has 3 rings (SSSR count). The molecule has 6 nitrogen and oxygen atoms in total. The van der Waals surface area contributed by atoms with E-state index in [2.05, 4.69) is 9.97 Å². The Hall–Kier alpha value is -2.47. The van der Waals surface area contributed by atoms with Crippen molar-refractivity contribution in [2.45, 2.75) is 12.6 Å². The number of aliphatic hydroxyl groups is 1. The number of sulfonamides is 1. The average molecular weight is 442 g/mol. The van der Waals surface area contributed by atoms with E-state index >= 15 is 0 Å². The van der Waals surface area contributed by atoms with Crippen LogP contribution in [-0.4, -0.2) is 36.5 Å². The van der Waals surface area contributed by atoms with Crippen LogP contribution in [0.5, 0.6) is 0 Å². The van der Waals surface area contributed by atoms with Gasteiger partial charge in [-0.2, -0.15) is 13.2 Å². The van der Waals surface area contributed by atoms with Crippen LogP contribution in [0.2, 0.25) is 5.02 Å². The summed E-state index contributed by atoms with van der Waals surface area (Å²) in [5.41, 5.74) is -3.10. The molecule has 13 heteroatoms. The summed E-state index contributed by atoms with van der Waals surface area (Å²) in [6.45, 7) is -1.41. The lowest BCUT2D eigenvalue weighted by Gasteiger charge is -2.30. The highest BCUT2D eigenvalue weighted by molar-refractivity contribution is 8.02. The first-order valence-corrected chi connectivity index (χ1v) is 9.19. The second-order valence-electron chi connectivity index (χ2n) is 5.49. The van der Waals surface area contributed by atoms with Gasteiger partial charge in [0, 0.05) is 23.0 Å². The van der Waals surface area contributed by atoms with Crippen LogP contribution in [-0.2, 0) is 16.2 Å². The van der Waals surface area contributed by atoms with E-state index in [1.54, 1.807) is 0 Å². The van der Waals surface area contributed by atoms with Gasteiger partial charge in [0.2, 0.25) is 0 Å². The molecular formula is C15H9ClF5N3O3S. The molecular weight excluding hydrogens is 433 g/mol. The van der Waals surface area contributed by atoms with E-state index in [1.165, 1.54) is 0 Å². The standard InChI is InChI=1S/C15H9ClF5N3O3S/c16-8-3-1-2-7(15(19,20)21)10(8)13-12(25)11-14(23-5-4-22-11)24(6-9(17)18)28(13,26)27/h1-5,9,25H,6H2. The maximum absolute atomic E-state index is 13.4. The number of benzene rings is 1. The Balaban J connectivity index is 2.42. The Morgan fingerprint density at radius 3 is 2.43 bits per heavy atom. The Morgan fingerprint density at radius 2 is 1.82 bits per heavy atom. The van der Waals surface area contributed by atoms with Gasteiger partial charge in [0.05, 0.1) is 12.1 Å². The molecule has 0 atom stereocenters. The van der Waals surface area contributed by atoms with Crippen LogP contribution >= 0.6 is 11.6 Å². The number of aliphatic hydroxyl groups excluding tert-OH is 1. The van der Waals surface area contributed by atoms with Gasteiger partial charge in [-0.05, 0) is 12.1 Å². The van der Waals surface area contributed by atoms with Crippen molar-refractivity contribution in [1.82, 2.24) is 9.97 Å². The average Bonchev–Trinajstić information content (AvgIpc) is 2.59. The Bertz CT molecular complexity index is 1070. The fraction of sp³-hybridized carbons (Fsp3) is 0.200. The molecule has 0 amide bonds. The molecule has 0 radical (unpaired) electrons. The number of nitrogens with zero attached hydrogens (tertiary/aromatic N) is 3. The lowest BCUT2D eigenvalue weighted by atomic mass is 10.0. The van der Waals surface area contributed by atoms with Crippen molar-refractivity contribution in [2.75, 3.05) is 10.8 Å². The van der Waals surface area contributed by atoms with Crippen molar-refractivity contribution in [1.29, 1.82) is 0 Å². The van der Waals surface area contributed by atoms with Crippen LogP contribution in [0, 0.1) is 0 Å². The maximum atomic E-state index is 13.4. The fourth-order valence-electron chi connectivity index (χ4n) is 2.68. The van der Waals surface area contributed by atoms with Crippen molar-refractivity contribution in [2.24, 2.45) is 0 Å². The molecule has 2 heterocycles. The monoisotopic (exact) mass is 441 g/mol. The van der Waals surface area contributed by atoms with Gasteiger partial charge in [0.15, 0.2) is 11.6 Å². The predicted octanol–water partition coefficient (Wildman–Crippen LogP) is 3.95. The van der Waals surface area contributed by atoms with Gasteiger partial charge in [-0.1, -0.05) is 17.7 Å². The van der Waals surface area contributed by atoms with Crippen LogP contribution in [0.15, 0.2) is 30.6 Å². The molecule has 2 aromatic rings. The molecule has 0 spiro atoms. The molecule has 1 aliphatic heterocycles. The predicted molar refractivity (Wildman–Crippen MR) is 90.2 cm³/mol. The van der Waals surface area contributed by atoms with E-state index in [4.69, 9.17) is 11.6 Å². The zero-order chi connectivity index (χ0) is 20.9. The highest BCUT2D eigenvalue weighted by Crippen LogP contribution is 2.46. The van der Waals surface area contributed by atoms with Gasteiger partial charge in [0.25, 0.3) is 16.4 Å². The first kappa shape index (κ1) is 20.3. The number of alkyl halides is 5. The zero-order valence-electron chi connectivity index (χ0n) is 13.5. The normalized spacial score (nSPS) is 16.5. The van der Waals surface area contributed by atoms with Gasteiger partial charge in [0.1, 0.15) is 10.6 Å². The second kappa shape index (κ2) is 6.85. The summed E-state index contributed by atoms with van der Waals surface area (Å²) in [7, 11) is -5.08. The largest absolute Gasteiger partial charge is 0.504 e. The van der Waals surface area contributed by atoms with Crippen LogP contribution in [0.4, 0.5) is 27.8 Å². The number of hydrogen-bond acceptors (Lipinski definition) is 5. The van der Waals surface area contributed by atoms with Crippen LogP contribution in [0.25, 0.3) is 10.7 Å². The summed E-state index contributed by atoms with van der Waals surface area (Å²) >= 11 is 5.83. The SMILES string of the molecule is O=S1(=O)C(c2c(Cl)cccc2C(F)(F)F)=C(O)c2nccnc2N1CC(F)F. The van der Waals surface area contributed by atoms with Gasteiger partial charge < -0.3 is 5.11 Å². The molecule has 150 valence electrons. The third-order valence-corrected chi connectivity index (χ3v) is 5.88. The number of anilines is 1. The highest BCUT2D eigenvalue weighted by atomic mass is 35.5. The van der Waals surface area contributed by atoms with Crippen molar-refractivity contribution in [3.8, 4) is 0 Å². The van der Waals surface area contributed by atoms with Gasteiger partial charge in [-0.25, -0.2) is 31.5 Å². The van der Waals surface area contributed by atoms with E-state index in [1.807, 2.05) is 0 Å². The molecule has 1 aromatic heterocycles. The third-order valence-electron chi connectivity index (χ3n) is 3.75. The number of hydrogen-bond donors (Lipinski definition) is 1. The molecule has 0 unspecified atom stereocenters. The molecule has 0 aliphatic carbocycles. The number of aromatic nitrogens is 2. The van der Waals surface area contributed by atoms with Crippen molar-refractivity contribution < 1.29 is 35.5 Å². The Labute approximate surface area is 160 Å². The van der Waals surface area contributed by atoms with Crippen molar-refractivity contribution in [3.63, 3.8) is 0 Å². The Morgan fingerprint density at radius 1 is 1.18 bits per heavy atom. The van der Waals surface area contributed by atoms with Crippen LogP contribution in [0.1, 0.15) is 16.8 Å². The summed E-state index contributed by atoms with van der Waals surface area (Å²) in [6, 6.07) is 2.47. The smallest absolute Gasteiger partial charge is 0.417 e. The van der Waals surface area contributed by atoms with E-state index in [-0.39, 0.29) is 4.31 Å². The lowest BCUT2D eigenvalue weighted by Crippen LogP contribution is -2.40. The molecule has 28 heavy (non-hydrogen) atoms. The minimum atomic E-state index is -5.08. The van der Waals surface area contributed by atoms with Gasteiger partial charge in [-0.3, -0.25) is 0 Å². The molecule has 1 N–H and O–H groups in total. The lowest BCUT2D eigenvalue weighted by molar-refractivity contribution is -0.137. The minimum absolute atomic E-state index is 0.0958. The van der Waals surface area contributed by atoms with Crippen LogP contribution < -0.4 is 4.31 Å². The maximum Gasteiger partial charge on any atom is 0.417 e. The summed E-state index contributed by atoms with van der Waals surface area (Å²) < 4.78 is 92.3.